The summed E-state index contributed by atoms with van der Waals surface area (Å²) in [6.45, 7) is 0.0277. The Morgan fingerprint density at radius 1 is 1.35 bits per heavy atom. The van der Waals surface area contributed by atoms with Gasteiger partial charge >= 0.3 is 0 Å². The second-order valence-electron chi connectivity index (χ2n) is 5.33. The van der Waals surface area contributed by atoms with Crippen LogP contribution >= 0.6 is 0 Å². The second kappa shape index (κ2) is 6.51. The predicted octanol–water partition coefficient (Wildman–Crippen LogP) is 1.14. The van der Waals surface area contributed by atoms with E-state index in [1.165, 1.54) is 29.0 Å². The Hall–Kier alpha value is -2.19. The van der Waals surface area contributed by atoms with Gasteiger partial charge in [0.2, 0.25) is 15.9 Å². The van der Waals surface area contributed by atoms with Crippen molar-refractivity contribution in [3.63, 3.8) is 0 Å². The molecule has 0 bridgehead atoms. The SMILES string of the molecule is O=C(CN(C1CC1)S(=O)(=O)c1cccnc1)NCc1ccco1. The van der Waals surface area contributed by atoms with Gasteiger partial charge in [-0.25, -0.2) is 8.42 Å². The highest BCUT2D eigenvalue weighted by atomic mass is 32.2. The number of aromatic nitrogens is 1. The van der Waals surface area contributed by atoms with E-state index in [1.807, 2.05) is 0 Å². The first kappa shape index (κ1) is 15.7. The van der Waals surface area contributed by atoms with Crippen LogP contribution in [0, 0.1) is 0 Å². The van der Waals surface area contributed by atoms with Gasteiger partial charge < -0.3 is 9.73 Å². The molecule has 0 unspecified atom stereocenters. The smallest absolute Gasteiger partial charge is 0.245 e. The summed E-state index contributed by atoms with van der Waals surface area (Å²) < 4.78 is 31.7. The van der Waals surface area contributed by atoms with Crippen LogP contribution in [0.4, 0.5) is 0 Å². The van der Waals surface area contributed by atoms with E-state index < -0.39 is 10.0 Å². The molecular formula is C15H17N3O4S. The number of sulfonamides is 1. The molecule has 1 fully saturated rings. The molecule has 0 saturated heterocycles. The summed E-state index contributed by atoms with van der Waals surface area (Å²) in [5.74, 6) is 0.257. The molecule has 2 aromatic rings. The molecule has 1 N–H and O–H groups in total. The molecule has 0 aromatic carbocycles. The summed E-state index contributed by atoms with van der Waals surface area (Å²) >= 11 is 0. The summed E-state index contributed by atoms with van der Waals surface area (Å²) in [5, 5.41) is 2.67. The molecule has 1 saturated carbocycles. The number of nitrogens with one attached hydrogen (secondary N) is 1. The molecular weight excluding hydrogens is 318 g/mol. The average molecular weight is 335 g/mol. The zero-order valence-corrected chi connectivity index (χ0v) is 13.2. The molecule has 1 aliphatic rings. The standard InChI is InChI=1S/C15H17N3O4S/c19-15(17-9-13-3-2-8-22-13)11-18(12-5-6-12)23(20,21)14-4-1-7-16-10-14/h1-4,7-8,10,12H,5-6,9,11H2,(H,17,19). The minimum Gasteiger partial charge on any atom is -0.467 e. The maximum Gasteiger partial charge on any atom is 0.245 e. The molecule has 1 amide bonds. The minimum absolute atomic E-state index is 0.103. The number of carbonyl (C=O) groups excluding carboxylic acids is 1. The first-order chi connectivity index (χ1) is 11.1. The third-order valence-electron chi connectivity index (χ3n) is 3.53. The maximum atomic E-state index is 12.7. The van der Waals surface area contributed by atoms with E-state index in [4.69, 9.17) is 4.42 Å². The van der Waals surface area contributed by atoms with Crippen LogP contribution in [0.1, 0.15) is 18.6 Å². The number of carbonyl (C=O) groups is 1. The van der Waals surface area contributed by atoms with E-state index in [-0.39, 0.29) is 29.9 Å². The number of nitrogens with zero attached hydrogens (tertiary/aromatic N) is 2. The molecule has 2 aromatic heterocycles. The number of hydrogen-bond donors (Lipinski definition) is 1. The highest BCUT2D eigenvalue weighted by Gasteiger charge is 2.39. The Morgan fingerprint density at radius 3 is 2.78 bits per heavy atom. The zero-order chi connectivity index (χ0) is 16.3. The van der Waals surface area contributed by atoms with Gasteiger partial charge in [0.05, 0.1) is 19.4 Å². The molecule has 0 spiro atoms. The van der Waals surface area contributed by atoms with Crippen molar-refractivity contribution in [2.45, 2.75) is 30.3 Å². The topological polar surface area (TPSA) is 92.5 Å². The summed E-state index contributed by atoms with van der Waals surface area (Å²) in [6, 6.07) is 6.40. The normalized spacial score (nSPS) is 14.8. The largest absolute Gasteiger partial charge is 0.467 e. The highest BCUT2D eigenvalue weighted by molar-refractivity contribution is 7.89. The number of hydrogen-bond acceptors (Lipinski definition) is 5. The van der Waals surface area contributed by atoms with Crippen molar-refractivity contribution >= 4 is 15.9 Å². The van der Waals surface area contributed by atoms with Crippen molar-refractivity contribution in [1.82, 2.24) is 14.6 Å². The van der Waals surface area contributed by atoms with Crippen LogP contribution in [-0.2, 0) is 21.4 Å². The quantitative estimate of drug-likeness (QED) is 0.819. The summed E-state index contributed by atoms with van der Waals surface area (Å²) in [4.78, 5) is 16.0. The lowest BCUT2D eigenvalue weighted by atomic mass is 10.4. The molecule has 7 nitrogen and oxygen atoms in total. The van der Waals surface area contributed by atoms with Gasteiger partial charge in [-0.1, -0.05) is 0 Å². The first-order valence-electron chi connectivity index (χ1n) is 7.28. The third kappa shape index (κ3) is 3.77. The molecule has 1 aliphatic carbocycles. The van der Waals surface area contributed by atoms with Gasteiger partial charge in [-0.3, -0.25) is 9.78 Å². The van der Waals surface area contributed by atoms with Crippen LogP contribution in [0.2, 0.25) is 0 Å². The van der Waals surface area contributed by atoms with E-state index in [0.29, 0.717) is 5.76 Å². The molecule has 23 heavy (non-hydrogen) atoms. The average Bonchev–Trinajstić information content (AvgIpc) is 3.26. The molecule has 0 radical (unpaired) electrons. The third-order valence-corrected chi connectivity index (χ3v) is 5.42. The highest BCUT2D eigenvalue weighted by Crippen LogP contribution is 2.31. The lowest BCUT2D eigenvalue weighted by molar-refractivity contribution is -0.121. The molecule has 8 heteroatoms. The number of rotatable bonds is 7. The Labute approximate surface area is 134 Å². The Bertz CT molecular complexity index is 755. The zero-order valence-electron chi connectivity index (χ0n) is 12.4. The lowest BCUT2D eigenvalue weighted by Crippen LogP contribution is -2.41. The molecule has 2 heterocycles. The first-order valence-corrected chi connectivity index (χ1v) is 8.72. The van der Waals surface area contributed by atoms with Gasteiger partial charge in [0, 0.05) is 18.4 Å². The van der Waals surface area contributed by atoms with Crippen LogP contribution in [0.25, 0.3) is 0 Å². The van der Waals surface area contributed by atoms with Crippen molar-refractivity contribution in [2.24, 2.45) is 0 Å². The van der Waals surface area contributed by atoms with Gasteiger partial charge in [-0.2, -0.15) is 4.31 Å². The van der Waals surface area contributed by atoms with E-state index in [1.54, 1.807) is 18.2 Å². The van der Waals surface area contributed by atoms with Gasteiger partial charge in [0.1, 0.15) is 10.7 Å². The Balaban J connectivity index is 1.68. The van der Waals surface area contributed by atoms with E-state index in [9.17, 15) is 13.2 Å². The fourth-order valence-electron chi connectivity index (χ4n) is 2.20. The Morgan fingerprint density at radius 2 is 2.17 bits per heavy atom. The van der Waals surface area contributed by atoms with Crippen LogP contribution in [0.3, 0.4) is 0 Å². The molecule has 0 aliphatic heterocycles. The predicted molar refractivity (Wildman–Crippen MR) is 81.7 cm³/mol. The van der Waals surface area contributed by atoms with E-state index >= 15 is 0 Å². The fraction of sp³-hybridized carbons (Fsp3) is 0.333. The van der Waals surface area contributed by atoms with Crippen molar-refractivity contribution in [3.8, 4) is 0 Å². The summed E-state index contributed by atoms with van der Waals surface area (Å²) in [5.41, 5.74) is 0. The minimum atomic E-state index is -3.72. The van der Waals surface area contributed by atoms with E-state index in [0.717, 1.165) is 12.8 Å². The van der Waals surface area contributed by atoms with Crippen LogP contribution < -0.4 is 5.32 Å². The number of pyridine rings is 1. The summed E-state index contributed by atoms with van der Waals surface area (Å²) in [6.07, 6.45) is 5.86. The van der Waals surface area contributed by atoms with Crippen molar-refractivity contribution in [2.75, 3.05) is 6.54 Å². The molecule has 0 atom stereocenters. The van der Waals surface area contributed by atoms with Crippen molar-refractivity contribution in [3.05, 3.63) is 48.7 Å². The van der Waals surface area contributed by atoms with Gasteiger partial charge in [0.15, 0.2) is 0 Å². The van der Waals surface area contributed by atoms with Crippen molar-refractivity contribution < 1.29 is 17.6 Å². The molecule has 3 rings (SSSR count). The Kier molecular flexibility index (Phi) is 4.44. The molecule has 122 valence electrons. The van der Waals surface area contributed by atoms with Crippen LogP contribution in [0.5, 0.6) is 0 Å². The van der Waals surface area contributed by atoms with Gasteiger partial charge in [0.25, 0.3) is 0 Å². The van der Waals surface area contributed by atoms with Gasteiger partial charge in [-0.15, -0.1) is 0 Å². The van der Waals surface area contributed by atoms with E-state index in [2.05, 4.69) is 10.3 Å². The van der Waals surface area contributed by atoms with Crippen molar-refractivity contribution in [1.29, 1.82) is 0 Å². The van der Waals surface area contributed by atoms with Crippen LogP contribution in [-0.4, -0.2) is 36.2 Å². The number of furan rings is 1. The lowest BCUT2D eigenvalue weighted by Gasteiger charge is -2.21. The van der Waals surface area contributed by atoms with Crippen LogP contribution in [0.15, 0.2) is 52.2 Å². The summed E-state index contributed by atoms with van der Waals surface area (Å²) in [7, 11) is -3.72. The monoisotopic (exact) mass is 335 g/mol. The number of amides is 1. The maximum absolute atomic E-state index is 12.7. The second-order valence-corrected chi connectivity index (χ2v) is 7.22. The fourth-order valence-corrected chi connectivity index (χ4v) is 3.81. The van der Waals surface area contributed by atoms with Gasteiger partial charge in [-0.05, 0) is 37.1 Å².